The number of benzene rings is 1. The SMILES string of the molecule is SC1COc2ccccc21. The van der Waals surface area contributed by atoms with Gasteiger partial charge >= 0.3 is 0 Å². The van der Waals surface area contributed by atoms with Gasteiger partial charge < -0.3 is 4.74 Å². The zero-order valence-corrected chi connectivity index (χ0v) is 6.34. The van der Waals surface area contributed by atoms with Gasteiger partial charge in [0.1, 0.15) is 12.4 Å². The molecular weight excluding hydrogens is 144 g/mol. The lowest BCUT2D eigenvalue weighted by Crippen LogP contribution is -1.90. The van der Waals surface area contributed by atoms with Crippen molar-refractivity contribution in [2.75, 3.05) is 6.61 Å². The fourth-order valence-electron chi connectivity index (χ4n) is 1.15. The molecule has 1 aromatic rings. The van der Waals surface area contributed by atoms with Crippen LogP contribution >= 0.6 is 12.6 Å². The van der Waals surface area contributed by atoms with E-state index in [2.05, 4.69) is 18.7 Å². The number of hydrogen-bond acceptors (Lipinski definition) is 2. The van der Waals surface area contributed by atoms with Crippen LogP contribution in [0.15, 0.2) is 24.3 Å². The van der Waals surface area contributed by atoms with Crippen LogP contribution in [0.1, 0.15) is 10.8 Å². The van der Waals surface area contributed by atoms with Crippen molar-refractivity contribution in [1.29, 1.82) is 0 Å². The molecule has 0 aliphatic carbocycles. The first-order valence-corrected chi connectivity index (χ1v) is 3.79. The molecule has 10 heavy (non-hydrogen) atoms. The molecule has 2 rings (SSSR count). The Morgan fingerprint density at radius 2 is 2.20 bits per heavy atom. The van der Waals surface area contributed by atoms with Crippen molar-refractivity contribution >= 4 is 12.6 Å². The molecule has 0 radical (unpaired) electrons. The molecular formula is C8H8OS. The molecule has 0 fully saturated rings. The van der Waals surface area contributed by atoms with Gasteiger partial charge in [0.05, 0.1) is 5.25 Å². The van der Waals surface area contributed by atoms with E-state index in [0.717, 1.165) is 5.75 Å². The van der Waals surface area contributed by atoms with Crippen LogP contribution in [-0.4, -0.2) is 6.61 Å². The number of hydrogen-bond donors (Lipinski definition) is 1. The normalized spacial score (nSPS) is 21.9. The van der Waals surface area contributed by atoms with Crippen molar-refractivity contribution in [3.05, 3.63) is 29.8 Å². The van der Waals surface area contributed by atoms with Gasteiger partial charge in [-0.1, -0.05) is 18.2 Å². The van der Waals surface area contributed by atoms with Crippen LogP contribution in [-0.2, 0) is 0 Å². The molecule has 0 saturated heterocycles. The molecule has 0 aromatic heterocycles. The predicted octanol–water partition coefficient (Wildman–Crippen LogP) is 2.05. The summed E-state index contributed by atoms with van der Waals surface area (Å²) in [5, 5.41) is 0.274. The molecule has 0 saturated carbocycles. The molecule has 1 unspecified atom stereocenters. The predicted molar refractivity (Wildman–Crippen MR) is 43.7 cm³/mol. The van der Waals surface area contributed by atoms with E-state index in [9.17, 15) is 0 Å². The van der Waals surface area contributed by atoms with Crippen LogP contribution in [0.2, 0.25) is 0 Å². The summed E-state index contributed by atoms with van der Waals surface area (Å²) >= 11 is 4.35. The fraction of sp³-hybridized carbons (Fsp3) is 0.250. The Morgan fingerprint density at radius 3 is 3.00 bits per heavy atom. The number of rotatable bonds is 0. The smallest absolute Gasteiger partial charge is 0.123 e. The molecule has 0 N–H and O–H groups in total. The Kier molecular flexibility index (Phi) is 1.34. The van der Waals surface area contributed by atoms with Crippen molar-refractivity contribution in [2.24, 2.45) is 0 Å². The molecule has 1 aliphatic heterocycles. The molecule has 1 aromatic carbocycles. The van der Waals surface area contributed by atoms with Gasteiger partial charge in [0.2, 0.25) is 0 Å². The Hall–Kier alpha value is -0.630. The maximum Gasteiger partial charge on any atom is 0.123 e. The highest BCUT2D eigenvalue weighted by Crippen LogP contribution is 2.35. The monoisotopic (exact) mass is 152 g/mol. The number of para-hydroxylation sites is 1. The minimum Gasteiger partial charge on any atom is -0.492 e. The van der Waals surface area contributed by atoms with Gasteiger partial charge in [-0.2, -0.15) is 12.6 Å². The summed E-state index contributed by atoms with van der Waals surface area (Å²) in [7, 11) is 0. The molecule has 0 amide bonds. The van der Waals surface area contributed by atoms with Crippen LogP contribution in [0.5, 0.6) is 5.75 Å². The van der Waals surface area contributed by atoms with Crippen LogP contribution in [0.3, 0.4) is 0 Å². The van der Waals surface area contributed by atoms with Crippen molar-refractivity contribution < 1.29 is 4.74 Å². The molecule has 1 aliphatic rings. The summed E-state index contributed by atoms with van der Waals surface area (Å²) in [4.78, 5) is 0. The standard InChI is InChI=1S/C8H8OS/c10-8-5-9-7-4-2-1-3-6(7)8/h1-4,8,10H,5H2. The summed E-state index contributed by atoms with van der Waals surface area (Å²) in [6, 6.07) is 8.02. The topological polar surface area (TPSA) is 9.23 Å². The van der Waals surface area contributed by atoms with Crippen molar-refractivity contribution in [1.82, 2.24) is 0 Å². The Bertz CT molecular complexity index is 247. The van der Waals surface area contributed by atoms with Gasteiger partial charge in [0.25, 0.3) is 0 Å². The number of fused-ring (bicyclic) bond motifs is 1. The second kappa shape index (κ2) is 2.20. The van der Waals surface area contributed by atoms with E-state index in [4.69, 9.17) is 4.74 Å². The average Bonchev–Trinajstić information content (AvgIpc) is 2.34. The third-order valence-corrected chi connectivity index (χ3v) is 2.10. The number of thiol groups is 1. The zero-order valence-electron chi connectivity index (χ0n) is 5.45. The minimum absolute atomic E-state index is 0.274. The van der Waals surface area contributed by atoms with Crippen LogP contribution in [0.25, 0.3) is 0 Å². The van der Waals surface area contributed by atoms with E-state index in [1.807, 2.05) is 18.2 Å². The van der Waals surface area contributed by atoms with E-state index >= 15 is 0 Å². The maximum atomic E-state index is 5.33. The fourth-order valence-corrected chi connectivity index (χ4v) is 1.43. The van der Waals surface area contributed by atoms with Gasteiger partial charge in [-0.25, -0.2) is 0 Å². The van der Waals surface area contributed by atoms with Crippen LogP contribution < -0.4 is 4.74 Å². The largest absolute Gasteiger partial charge is 0.492 e. The lowest BCUT2D eigenvalue weighted by atomic mass is 10.2. The second-order valence-corrected chi connectivity index (χ2v) is 2.99. The Labute approximate surface area is 65.4 Å². The van der Waals surface area contributed by atoms with Gasteiger partial charge in [-0.3, -0.25) is 0 Å². The minimum atomic E-state index is 0.274. The molecule has 0 spiro atoms. The third-order valence-electron chi connectivity index (χ3n) is 1.67. The van der Waals surface area contributed by atoms with E-state index in [0.29, 0.717) is 6.61 Å². The summed E-state index contributed by atoms with van der Waals surface area (Å²) in [5.41, 5.74) is 1.21. The van der Waals surface area contributed by atoms with E-state index in [1.165, 1.54) is 5.56 Å². The van der Waals surface area contributed by atoms with Gasteiger partial charge in [0, 0.05) is 5.56 Å². The Balaban J connectivity index is 2.51. The number of ether oxygens (including phenoxy) is 1. The maximum absolute atomic E-state index is 5.33. The summed E-state index contributed by atoms with van der Waals surface area (Å²) < 4.78 is 5.33. The van der Waals surface area contributed by atoms with E-state index in [-0.39, 0.29) is 5.25 Å². The first-order valence-electron chi connectivity index (χ1n) is 3.28. The third kappa shape index (κ3) is 0.797. The van der Waals surface area contributed by atoms with Gasteiger partial charge in [-0.05, 0) is 6.07 Å². The van der Waals surface area contributed by atoms with Crippen molar-refractivity contribution in [3.8, 4) is 5.75 Å². The summed E-state index contributed by atoms with van der Waals surface area (Å²) in [6.07, 6.45) is 0. The van der Waals surface area contributed by atoms with E-state index < -0.39 is 0 Å². The average molecular weight is 152 g/mol. The van der Waals surface area contributed by atoms with Crippen LogP contribution in [0, 0.1) is 0 Å². The van der Waals surface area contributed by atoms with Crippen LogP contribution in [0.4, 0.5) is 0 Å². The molecule has 52 valence electrons. The highest BCUT2D eigenvalue weighted by atomic mass is 32.1. The lowest BCUT2D eigenvalue weighted by molar-refractivity contribution is 0.355. The molecule has 1 heterocycles. The Morgan fingerprint density at radius 1 is 1.40 bits per heavy atom. The van der Waals surface area contributed by atoms with Crippen molar-refractivity contribution in [2.45, 2.75) is 5.25 Å². The second-order valence-electron chi connectivity index (χ2n) is 2.36. The van der Waals surface area contributed by atoms with Gasteiger partial charge in [0.15, 0.2) is 0 Å². The molecule has 1 atom stereocenters. The highest BCUT2D eigenvalue weighted by molar-refractivity contribution is 7.80. The van der Waals surface area contributed by atoms with Crippen molar-refractivity contribution in [3.63, 3.8) is 0 Å². The molecule has 0 bridgehead atoms. The van der Waals surface area contributed by atoms with E-state index in [1.54, 1.807) is 0 Å². The molecule has 2 heteroatoms. The lowest BCUT2D eigenvalue weighted by Gasteiger charge is -1.95. The quantitative estimate of drug-likeness (QED) is 0.560. The summed E-state index contributed by atoms with van der Waals surface area (Å²) in [6.45, 7) is 0.711. The highest BCUT2D eigenvalue weighted by Gasteiger charge is 2.18. The zero-order chi connectivity index (χ0) is 6.97. The van der Waals surface area contributed by atoms with Gasteiger partial charge in [-0.15, -0.1) is 0 Å². The molecule has 1 nitrogen and oxygen atoms in total. The first kappa shape index (κ1) is 6.10. The first-order chi connectivity index (χ1) is 4.88. The summed E-state index contributed by atoms with van der Waals surface area (Å²) in [5.74, 6) is 0.988.